The van der Waals surface area contributed by atoms with Crippen LogP contribution >= 0.6 is 0 Å². The van der Waals surface area contributed by atoms with Crippen LogP contribution in [0.3, 0.4) is 0 Å². The van der Waals surface area contributed by atoms with E-state index in [2.05, 4.69) is 23.4 Å². The summed E-state index contributed by atoms with van der Waals surface area (Å²) in [4.78, 5) is 19.1. The second kappa shape index (κ2) is 7.23. The molecule has 6 nitrogen and oxygen atoms in total. The summed E-state index contributed by atoms with van der Waals surface area (Å²) >= 11 is 0. The quantitative estimate of drug-likeness (QED) is 0.805. The van der Waals surface area contributed by atoms with Gasteiger partial charge in [0, 0.05) is 43.9 Å². The molecule has 1 atom stereocenters. The van der Waals surface area contributed by atoms with E-state index in [1.165, 1.54) is 5.69 Å². The van der Waals surface area contributed by atoms with Gasteiger partial charge in [-0.25, -0.2) is 4.98 Å². The molecule has 1 unspecified atom stereocenters. The zero-order valence-electron chi connectivity index (χ0n) is 14.9. The van der Waals surface area contributed by atoms with E-state index >= 15 is 0 Å². The van der Waals surface area contributed by atoms with E-state index in [0.717, 1.165) is 31.9 Å². The zero-order chi connectivity index (χ0) is 17.3. The lowest BCUT2D eigenvalue weighted by Crippen LogP contribution is -2.48. The smallest absolute Gasteiger partial charge is 0.226 e. The van der Waals surface area contributed by atoms with Gasteiger partial charge in [-0.05, 0) is 25.7 Å². The van der Waals surface area contributed by atoms with Crippen LogP contribution in [-0.4, -0.2) is 51.3 Å². The van der Waals surface area contributed by atoms with Crippen molar-refractivity contribution < 1.29 is 14.6 Å². The van der Waals surface area contributed by atoms with Crippen molar-refractivity contribution in [2.75, 3.05) is 19.8 Å². The molecule has 1 amide bonds. The molecule has 2 aliphatic rings. The van der Waals surface area contributed by atoms with Crippen molar-refractivity contribution in [1.82, 2.24) is 14.5 Å². The molecule has 0 spiro atoms. The summed E-state index contributed by atoms with van der Waals surface area (Å²) in [6.07, 6.45) is 3.70. The second-order valence-electron chi connectivity index (χ2n) is 7.51. The Morgan fingerprint density at radius 1 is 1.42 bits per heavy atom. The average Bonchev–Trinajstić information content (AvgIpc) is 2.92. The van der Waals surface area contributed by atoms with Crippen molar-refractivity contribution in [3.05, 3.63) is 17.7 Å². The highest BCUT2D eigenvalue weighted by molar-refractivity contribution is 5.80. The number of fused-ring (bicyclic) bond motifs is 1. The topological polar surface area (TPSA) is 67.6 Å². The van der Waals surface area contributed by atoms with Gasteiger partial charge in [-0.3, -0.25) is 4.79 Å². The largest absolute Gasteiger partial charge is 0.393 e. The summed E-state index contributed by atoms with van der Waals surface area (Å²) in [5.74, 6) is 1.68. The Morgan fingerprint density at radius 2 is 2.17 bits per heavy atom. The third kappa shape index (κ3) is 3.49. The minimum absolute atomic E-state index is 0.00525. The normalized spacial score (nSPS) is 26.4. The van der Waals surface area contributed by atoms with Crippen molar-refractivity contribution in [2.45, 2.75) is 58.7 Å². The van der Waals surface area contributed by atoms with E-state index in [0.29, 0.717) is 25.4 Å². The van der Waals surface area contributed by atoms with Gasteiger partial charge in [-0.15, -0.1) is 0 Å². The Hall–Kier alpha value is -1.40. The molecule has 1 aromatic heterocycles. The number of carbonyl (C=O) groups is 1. The van der Waals surface area contributed by atoms with Gasteiger partial charge in [-0.1, -0.05) is 13.8 Å². The van der Waals surface area contributed by atoms with Gasteiger partial charge in [-0.2, -0.15) is 0 Å². The van der Waals surface area contributed by atoms with Crippen LogP contribution in [0.1, 0.15) is 51.2 Å². The molecule has 0 bridgehead atoms. The predicted octanol–water partition coefficient (Wildman–Crippen LogP) is 1.77. The second-order valence-corrected chi connectivity index (χ2v) is 7.51. The number of aliphatic hydroxyl groups is 1. The number of aromatic nitrogens is 2. The van der Waals surface area contributed by atoms with Crippen molar-refractivity contribution in [3.8, 4) is 0 Å². The maximum Gasteiger partial charge on any atom is 0.226 e. The molecule has 1 saturated carbocycles. The van der Waals surface area contributed by atoms with E-state index in [-0.39, 0.29) is 24.0 Å². The average molecular weight is 335 g/mol. The van der Waals surface area contributed by atoms with Crippen LogP contribution in [0.25, 0.3) is 0 Å². The lowest BCUT2D eigenvalue weighted by atomic mass is 9.81. The minimum Gasteiger partial charge on any atom is -0.393 e. The minimum atomic E-state index is -0.293. The van der Waals surface area contributed by atoms with Crippen LogP contribution < -0.4 is 0 Å². The molecular weight excluding hydrogens is 306 g/mol. The number of nitrogens with zero attached hydrogens (tertiary/aromatic N) is 3. The van der Waals surface area contributed by atoms with Gasteiger partial charge >= 0.3 is 0 Å². The fourth-order valence-electron chi connectivity index (χ4n) is 3.58. The van der Waals surface area contributed by atoms with Gasteiger partial charge in [0.2, 0.25) is 5.91 Å². The standard InChI is InChI=1S/C18H29N3O3/c1-12(2)11-24-7-4-15-10-19-17-13(3)20(5-6-21(15)17)18(23)14-8-16(22)9-14/h10,12-14,16,22H,4-9,11H2,1-3H3. The van der Waals surface area contributed by atoms with Crippen molar-refractivity contribution in [2.24, 2.45) is 11.8 Å². The molecule has 1 aromatic rings. The highest BCUT2D eigenvalue weighted by Gasteiger charge is 2.39. The molecule has 0 aromatic carbocycles. The number of aliphatic hydroxyl groups excluding tert-OH is 1. The summed E-state index contributed by atoms with van der Waals surface area (Å²) in [7, 11) is 0. The first-order valence-corrected chi connectivity index (χ1v) is 9.08. The number of amides is 1. The summed E-state index contributed by atoms with van der Waals surface area (Å²) in [6.45, 7) is 9.34. The Kier molecular flexibility index (Phi) is 5.25. The molecule has 1 aliphatic carbocycles. The van der Waals surface area contributed by atoms with Crippen molar-refractivity contribution in [3.63, 3.8) is 0 Å². The van der Waals surface area contributed by atoms with Crippen molar-refractivity contribution in [1.29, 1.82) is 0 Å². The van der Waals surface area contributed by atoms with Crippen LogP contribution in [0.4, 0.5) is 0 Å². The molecule has 24 heavy (non-hydrogen) atoms. The van der Waals surface area contributed by atoms with Crippen LogP contribution in [-0.2, 0) is 22.5 Å². The Balaban J connectivity index is 1.60. The lowest BCUT2D eigenvalue weighted by Gasteiger charge is -2.40. The van der Waals surface area contributed by atoms with Gasteiger partial charge in [0.05, 0.1) is 18.8 Å². The third-order valence-electron chi connectivity index (χ3n) is 5.07. The fourth-order valence-corrected chi connectivity index (χ4v) is 3.58. The van der Waals surface area contributed by atoms with Gasteiger partial charge in [0.25, 0.3) is 0 Å². The number of hydrogen-bond donors (Lipinski definition) is 1. The van der Waals surface area contributed by atoms with Gasteiger partial charge in [0.15, 0.2) is 0 Å². The van der Waals surface area contributed by atoms with Crippen LogP contribution in [0, 0.1) is 11.8 Å². The van der Waals surface area contributed by atoms with E-state index < -0.39 is 0 Å². The number of rotatable bonds is 6. The maximum atomic E-state index is 12.6. The van der Waals surface area contributed by atoms with Crippen LogP contribution in [0.2, 0.25) is 0 Å². The lowest BCUT2D eigenvalue weighted by molar-refractivity contribution is -0.145. The van der Waals surface area contributed by atoms with Crippen molar-refractivity contribution >= 4 is 5.91 Å². The highest BCUT2D eigenvalue weighted by atomic mass is 16.5. The molecule has 3 rings (SSSR count). The van der Waals surface area contributed by atoms with Crippen LogP contribution in [0.5, 0.6) is 0 Å². The Bertz CT molecular complexity index is 578. The Labute approximate surface area is 143 Å². The summed E-state index contributed by atoms with van der Waals surface area (Å²) in [5.41, 5.74) is 1.19. The molecule has 1 N–H and O–H groups in total. The van der Waals surface area contributed by atoms with E-state index in [4.69, 9.17) is 4.74 Å². The zero-order valence-corrected chi connectivity index (χ0v) is 14.9. The number of imidazole rings is 1. The molecular formula is C18H29N3O3. The molecule has 1 aliphatic heterocycles. The number of carbonyl (C=O) groups excluding carboxylic acids is 1. The van der Waals surface area contributed by atoms with Gasteiger partial charge < -0.3 is 19.3 Å². The first kappa shape index (κ1) is 17.4. The molecule has 6 heteroatoms. The molecule has 134 valence electrons. The highest BCUT2D eigenvalue weighted by Crippen LogP contribution is 2.33. The first-order chi connectivity index (χ1) is 11.5. The summed E-state index contributed by atoms with van der Waals surface area (Å²) < 4.78 is 7.92. The maximum absolute atomic E-state index is 12.6. The molecule has 0 saturated heterocycles. The summed E-state index contributed by atoms with van der Waals surface area (Å²) in [5, 5.41) is 9.43. The molecule has 2 heterocycles. The van der Waals surface area contributed by atoms with Crippen LogP contribution in [0.15, 0.2) is 6.20 Å². The van der Waals surface area contributed by atoms with E-state index in [9.17, 15) is 9.90 Å². The SMILES string of the molecule is CC(C)COCCc1cnc2n1CCN(C(=O)C1CC(O)C1)C2C. The first-order valence-electron chi connectivity index (χ1n) is 9.08. The Morgan fingerprint density at radius 3 is 2.83 bits per heavy atom. The number of ether oxygens (including phenoxy) is 1. The third-order valence-corrected chi connectivity index (χ3v) is 5.07. The predicted molar refractivity (Wildman–Crippen MR) is 90.4 cm³/mol. The number of hydrogen-bond acceptors (Lipinski definition) is 4. The van der Waals surface area contributed by atoms with Gasteiger partial charge in [0.1, 0.15) is 5.82 Å². The molecule has 0 radical (unpaired) electrons. The van der Waals surface area contributed by atoms with E-state index in [1.807, 2.05) is 18.0 Å². The monoisotopic (exact) mass is 335 g/mol. The fraction of sp³-hybridized carbons (Fsp3) is 0.778. The molecule has 1 fully saturated rings. The summed E-state index contributed by atoms with van der Waals surface area (Å²) in [6, 6.07) is -0.00525. The van der Waals surface area contributed by atoms with E-state index in [1.54, 1.807) is 0 Å².